The minimum atomic E-state index is -1.09. The number of carboxylic acids is 2. The van der Waals surface area contributed by atoms with E-state index in [0.717, 1.165) is 18.3 Å². The van der Waals surface area contributed by atoms with Gasteiger partial charge in [0, 0.05) is 17.7 Å². The number of carbonyl (C=O) groups is 2. The molecule has 13 heavy (non-hydrogen) atoms. The van der Waals surface area contributed by atoms with Crippen LogP contribution >= 0.6 is 11.3 Å². The van der Waals surface area contributed by atoms with Crippen molar-refractivity contribution in [1.29, 1.82) is 0 Å². The molecule has 0 radical (unpaired) electrons. The van der Waals surface area contributed by atoms with Crippen molar-refractivity contribution in [2.45, 2.75) is 6.92 Å². The van der Waals surface area contributed by atoms with Crippen molar-refractivity contribution < 1.29 is 24.9 Å². The second kappa shape index (κ2) is 5.15. The highest BCUT2D eigenvalue weighted by Gasteiger charge is 2.08. The van der Waals surface area contributed by atoms with E-state index in [1.165, 1.54) is 10.8 Å². The predicted molar refractivity (Wildman–Crippen MR) is 46.3 cm³/mol. The Morgan fingerprint density at radius 1 is 1.31 bits per heavy atom. The van der Waals surface area contributed by atoms with Crippen molar-refractivity contribution in [3.63, 3.8) is 0 Å². The molecule has 0 bridgehead atoms. The van der Waals surface area contributed by atoms with Gasteiger partial charge >= 0.3 is 5.97 Å². The van der Waals surface area contributed by atoms with Crippen LogP contribution in [0.5, 0.6) is 5.75 Å². The third-order valence-corrected chi connectivity index (χ3v) is 1.60. The molecule has 0 amide bonds. The summed E-state index contributed by atoms with van der Waals surface area (Å²) in [6, 6.07) is 0. The molecule has 0 atom stereocenters. The summed E-state index contributed by atoms with van der Waals surface area (Å²) < 4.78 is 0. The van der Waals surface area contributed by atoms with Gasteiger partial charge in [0.1, 0.15) is 11.3 Å². The van der Waals surface area contributed by atoms with E-state index in [9.17, 15) is 4.79 Å². The van der Waals surface area contributed by atoms with Crippen LogP contribution in [-0.2, 0) is 4.79 Å². The van der Waals surface area contributed by atoms with Gasteiger partial charge in [-0.2, -0.15) is 0 Å². The predicted octanol–water partition coefficient (Wildman–Crippen LogP) is 1.24. The lowest BCUT2D eigenvalue weighted by molar-refractivity contribution is -0.134. The van der Waals surface area contributed by atoms with E-state index >= 15 is 0 Å². The molecule has 0 aliphatic carbocycles. The first-order chi connectivity index (χ1) is 5.95. The van der Waals surface area contributed by atoms with E-state index in [0.29, 0.717) is 0 Å². The Bertz CT molecular complexity index is 300. The highest BCUT2D eigenvalue weighted by molar-refractivity contribution is 7.08. The molecule has 1 aromatic heterocycles. The second-order valence-corrected chi connectivity index (χ2v) is 2.74. The molecule has 0 aliphatic rings. The highest BCUT2D eigenvalue weighted by Crippen LogP contribution is 2.20. The lowest BCUT2D eigenvalue weighted by Gasteiger charge is -1.85. The molecule has 72 valence electrons. The first kappa shape index (κ1) is 11.4. The summed E-state index contributed by atoms with van der Waals surface area (Å²) in [7, 11) is 0. The maximum absolute atomic E-state index is 10.1. The third kappa shape index (κ3) is 4.81. The number of aliphatic carboxylic acids is 1. The number of carboxylic acid groups (broad SMARTS) is 2. The Balaban J connectivity index is 0.000000310. The number of thiophene rings is 1. The van der Waals surface area contributed by atoms with Crippen LogP contribution in [0.1, 0.15) is 17.3 Å². The summed E-state index contributed by atoms with van der Waals surface area (Å²) in [5.74, 6) is -2.08. The van der Waals surface area contributed by atoms with Crippen molar-refractivity contribution in [3.8, 4) is 5.75 Å². The minimum Gasteiger partial charge on any atom is -0.506 e. The smallest absolute Gasteiger partial charge is 0.340 e. The molecule has 1 rings (SSSR count). The van der Waals surface area contributed by atoms with Crippen LogP contribution in [0, 0.1) is 0 Å². The van der Waals surface area contributed by atoms with Gasteiger partial charge in [-0.1, -0.05) is 0 Å². The fraction of sp³-hybridized carbons (Fsp3) is 0.143. The van der Waals surface area contributed by atoms with E-state index in [2.05, 4.69) is 0 Å². The molecule has 0 aromatic carbocycles. The van der Waals surface area contributed by atoms with Crippen LogP contribution in [0.3, 0.4) is 0 Å². The Morgan fingerprint density at radius 3 is 1.92 bits per heavy atom. The van der Waals surface area contributed by atoms with E-state index < -0.39 is 11.9 Å². The van der Waals surface area contributed by atoms with Crippen LogP contribution in [0.2, 0.25) is 0 Å². The van der Waals surface area contributed by atoms with Crippen LogP contribution in [0.4, 0.5) is 0 Å². The normalized spacial score (nSPS) is 8.38. The molecular weight excluding hydrogens is 196 g/mol. The monoisotopic (exact) mass is 204 g/mol. The van der Waals surface area contributed by atoms with Crippen molar-refractivity contribution >= 4 is 23.3 Å². The molecule has 0 saturated heterocycles. The minimum absolute atomic E-state index is 0.0278. The zero-order chi connectivity index (χ0) is 10.4. The summed E-state index contributed by atoms with van der Waals surface area (Å²) in [4.78, 5) is 19.1. The molecule has 5 nitrogen and oxygen atoms in total. The quantitative estimate of drug-likeness (QED) is 0.639. The number of hydrogen-bond acceptors (Lipinski definition) is 4. The van der Waals surface area contributed by atoms with Crippen molar-refractivity contribution in [2.75, 3.05) is 0 Å². The molecule has 0 aliphatic heterocycles. The van der Waals surface area contributed by atoms with Crippen LogP contribution in [0.25, 0.3) is 0 Å². The number of aromatic hydroxyl groups is 1. The zero-order valence-corrected chi connectivity index (χ0v) is 7.54. The Kier molecular flexibility index (Phi) is 4.53. The largest absolute Gasteiger partial charge is 0.506 e. The molecule has 1 heterocycles. The molecule has 0 spiro atoms. The SMILES string of the molecule is CC(=O)O.O=C(O)c1cscc1O. The summed E-state index contributed by atoms with van der Waals surface area (Å²) in [6.07, 6.45) is 0. The van der Waals surface area contributed by atoms with Crippen molar-refractivity contribution in [3.05, 3.63) is 16.3 Å². The maximum Gasteiger partial charge on any atom is 0.340 e. The van der Waals surface area contributed by atoms with E-state index in [-0.39, 0.29) is 11.3 Å². The molecule has 0 saturated carbocycles. The van der Waals surface area contributed by atoms with Crippen molar-refractivity contribution in [1.82, 2.24) is 0 Å². The molecular formula is C7H8O5S. The van der Waals surface area contributed by atoms with Crippen molar-refractivity contribution in [2.24, 2.45) is 0 Å². The van der Waals surface area contributed by atoms with Gasteiger partial charge in [0.2, 0.25) is 0 Å². The molecule has 6 heteroatoms. The fourth-order valence-corrected chi connectivity index (χ4v) is 1.13. The average Bonchev–Trinajstić information content (AvgIpc) is 2.33. The zero-order valence-electron chi connectivity index (χ0n) is 6.72. The lowest BCUT2D eigenvalue weighted by atomic mass is 10.3. The van der Waals surface area contributed by atoms with Crippen LogP contribution < -0.4 is 0 Å². The topological polar surface area (TPSA) is 94.8 Å². The van der Waals surface area contributed by atoms with Gasteiger partial charge in [-0.15, -0.1) is 11.3 Å². The van der Waals surface area contributed by atoms with Gasteiger partial charge in [-0.25, -0.2) is 4.79 Å². The van der Waals surface area contributed by atoms with Crippen LogP contribution in [0.15, 0.2) is 10.8 Å². The summed E-state index contributed by atoms with van der Waals surface area (Å²) in [5, 5.41) is 27.2. The Morgan fingerprint density at radius 2 is 1.77 bits per heavy atom. The van der Waals surface area contributed by atoms with Gasteiger partial charge < -0.3 is 15.3 Å². The second-order valence-electron chi connectivity index (χ2n) is 1.99. The van der Waals surface area contributed by atoms with Crippen LogP contribution in [-0.4, -0.2) is 27.3 Å². The van der Waals surface area contributed by atoms with Gasteiger partial charge in [0.25, 0.3) is 5.97 Å². The Hall–Kier alpha value is -1.56. The highest BCUT2D eigenvalue weighted by atomic mass is 32.1. The number of hydrogen-bond donors (Lipinski definition) is 3. The van der Waals surface area contributed by atoms with E-state index in [4.69, 9.17) is 20.1 Å². The molecule has 3 N–H and O–H groups in total. The summed E-state index contributed by atoms with van der Waals surface area (Å²) in [5.41, 5.74) is -0.0278. The fourth-order valence-electron chi connectivity index (χ4n) is 0.450. The third-order valence-electron chi connectivity index (χ3n) is 0.872. The first-order valence-corrected chi connectivity index (χ1v) is 4.07. The lowest BCUT2D eigenvalue weighted by Crippen LogP contribution is -1.92. The molecule has 0 fully saturated rings. The summed E-state index contributed by atoms with van der Waals surface area (Å²) in [6.45, 7) is 1.08. The molecule has 1 aromatic rings. The molecule has 0 unspecified atom stereocenters. The average molecular weight is 204 g/mol. The first-order valence-electron chi connectivity index (χ1n) is 3.13. The summed E-state index contributed by atoms with van der Waals surface area (Å²) >= 11 is 1.16. The standard InChI is InChI=1S/C5H4O3S.C2H4O2/c6-4-2-9-1-3(4)5(7)8;1-2(3)4/h1-2,6H,(H,7,8);1H3,(H,3,4). The van der Waals surface area contributed by atoms with Gasteiger partial charge in [-0.05, 0) is 0 Å². The van der Waals surface area contributed by atoms with Gasteiger partial charge in [0.15, 0.2) is 0 Å². The Labute approximate surface area is 77.9 Å². The van der Waals surface area contributed by atoms with Gasteiger partial charge in [0.05, 0.1) is 0 Å². The van der Waals surface area contributed by atoms with E-state index in [1.54, 1.807) is 0 Å². The van der Waals surface area contributed by atoms with Gasteiger partial charge in [-0.3, -0.25) is 4.79 Å². The number of rotatable bonds is 1. The van der Waals surface area contributed by atoms with E-state index in [1.807, 2.05) is 0 Å². The number of aromatic carboxylic acids is 1. The maximum atomic E-state index is 10.1.